The number of sulfone groups is 1. The molecule has 0 spiro atoms. The fourth-order valence-corrected chi connectivity index (χ4v) is 2.54. The minimum absolute atomic E-state index is 0.0411. The molecule has 1 aliphatic carbocycles. The smallest absolute Gasteiger partial charge is 0.190 e. The average Bonchev–Trinajstić information content (AvgIpc) is 3.17. The van der Waals surface area contributed by atoms with Gasteiger partial charge in [-0.1, -0.05) is 0 Å². The summed E-state index contributed by atoms with van der Waals surface area (Å²) in [7, 11) is -3.09. The first kappa shape index (κ1) is 16.2. The molecule has 4 nitrogen and oxygen atoms in total. The number of hydrogen-bond donors (Lipinski definition) is 1. The topological polar surface area (TPSA) is 55.4 Å². The van der Waals surface area contributed by atoms with Crippen molar-refractivity contribution in [3.05, 3.63) is 29.3 Å². The molecule has 7 heteroatoms. The molecule has 0 aromatic heterocycles. The van der Waals surface area contributed by atoms with Gasteiger partial charge >= 0.3 is 0 Å². The van der Waals surface area contributed by atoms with Crippen molar-refractivity contribution >= 4 is 9.84 Å². The van der Waals surface area contributed by atoms with Crippen molar-refractivity contribution in [1.29, 1.82) is 0 Å². The molecule has 21 heavy (non-hydrogen) atoms. The normalized spacial score (nSPS) is 15.2. The maximum absolute atomic E-state index is 13.8. The molecule has 0 saturated heterocycles. The molecule has 0 unspecified atom stereocenters. The van der Waals surface area contributed by atoms with E-state index in [1.807, 2.05) is 0 Å². The Morgan fingerprint density at radius 1 is 1.29 bits per heavy atom. The first-order valence-corrected chi connectivity index (χ1v) is 8.93. The van der Waals surface area contributed by atoms with E-state index in [1.165, 1.54) is 12.1 Å². The quantitative estimate of drug-likeness (QED) is 0.745. The summed E-state index contributed by atoms with van der Waals surface area (Å²) in [4.78, 5) is 0. The van der Waals surface area contributed by atoms with Crippen molar-refractivity contribution in [1.82, 2.24) is 5.32 Å². The first-order chi connectivity index (χ1) is 9.85. The first-order valence-electron chi connectivity index (χ1n) is 6.87. The number of ether oxygens (including phenoxy) is 1. The zero-order chi connectivity index (χ0) is 15.5. The Bertz CT molecular complexity index is 577. The molecular weight excluding hydrogens is 300 g/mol. The predicted octanol–water partition coefficient (Wildman–Crippen LogP) is 2.03. The van der Waals surface area contributed by atoms with Crippen LogP contribution in [0.15, 0.2) is 12.1 Å². The number of hydrogen-bond acceptors (Lipinski definition) is 4. The molecule has 1 aromatic carbocycles. The van der Waals surface area contributed by atoms with Crippen LogP contribution in [-0.4, -0.2) is 33.1 Å². The van der Waals surface area contributed by atoms with Crippen LogP contribution in [0.1, 0.15) is 24.8 Å². The molecule has 1 aromatic rings. The molecule has 2 rings (SSSR count). The Labute approximate surface area is 123 Å². The van der Waals surface area contributed by atoms with Crippen molar-refractivity contribution < 1.29 is 21.9 Å². The van der Waals surface area contributed by atoms with E-state index in [0.717, 1.165) is 19.1 Å². The van der Waals surface area contributed by atoms with Crippen LogP contribution in [0.3, 0.4) is 0 Å². The van der Waals surface area contributed by atoms with Crippen molar-refractivity contribution in [3.63, 3.8) is 0 Å². The van der Waals surface area contributed by atoms with E-state index in [9.17, 15) is 17.2 Å². The fourth-order valence-electron chi connectivity index (χ4n) is 1.90. The summed E-state index contributed by atoms with van der Waals surface area (Å²) in [5, 5.41) is 3.17. The van der Waals surface area contributed by atoms with E-state index in [2.05, 4.69) is 5.32 Å². The van der Waals surface area contributed by atoms with Gasteiger partial charge in [0.2, 0.25) is 0 Å². The molecule has 1 saturated carbocycles. The van der Waals surface area contributed by atoms with Gasteiger partial charge in [0.15, 0.2) is 17.4 Å². The summed E-state index contributed by atoms with van der Waals surface area (Å²) in [6, 6.07) is 2.94. The Balaban J connectivity index is 1.89. The lowest BCUT2D eigenvalue weighted by Crippen LogP contribution is -2.16. The summed E-state index contributed by atoms with van der Waals surface area (Å²) in [5.74, 6) is -2.04. The van der Waals surface area contributed by atoms with E-state index in [1.54, 1.807) is 0 Å². The lowest BCUT2D eigenvalue weighted by Gasteiger charge is -2.10. The molecule has 0 amide bonds. The highest BCUT2D eigenvalue weighted by molar-refractivity contribution is 7.90. The molecule has 118 valence electrons. The molecule has 1 fully saturated rings. The van der Waals surface area contributed by atoms with Gasteiger partial charge in [-0.3, -0.25) is 0 Å². The van der Waals surface area contributed by atoms with Gasteiger partial charge in [-0.25, -0.2) is 17.2 Å². The zero-order valence-electron chi connectivity index (χ0n) is 11.9. The highest BCUT2D eigenvalue weighted by atomic mass is 32.2. The van der Waals surface area contributed by atoms with Crippen LogP contribution >= 0.6 is 0 Å². The van der Waals surface area contributed by atoms with E-state index in [0.29, 0.717) is 18.2 Å². The lowest BCUT2D eigenvalue weighted by molar-refractivity contribution is 0.285. The van der Waals surface area contributed by atoms with Crippen LogP contribution < -0.4 is 10.1 Å². The highest BCUT2D eigenvalue weighted by Crippen LogP contribution is 2.25. The van der Waals surface area contributed by atoms with Crippen LogP contribution in [0.25, 0.3) is 0 Å². The van der Waals surface area contributed by atoms with Gasteiger partial charge in [0, 0.05) is 18.8 Å². The highest BCUT2D eigenvalue weighted by Gasteiger charge is 2.20. The lowest BCUT2D eigenvalue weighted by atomic mass is 10.2. The number of benzene rings is 1. The predicted molar refractivity (Wildman–Crippen MR) is 76.0 cm³/mol. The third-order valence-corrected chi connectivity index (χ3v) is 4.17. The summed E-state index contributed by atoms with van der Waals surface area (Å²) < 4.78 is 54.5. The standard InChI is InChI=1S/C14H19F2NO3S/c1-21(18,19)6-2-5-20-14-12(15)7-10(8-13(14)16)9-17-11-3-4-11/h7-8,11,17H,2-6,9H2,1H3. The van der Waals surface area contributed by atoms with Crippen LogP contribution in [0, 0.1) is 11.6 Å². The van der Waals surface area contributed by atoms with Crippen molar-refractivity contribution in [3.8, 4) is 5.75 Å². The Morgan fingerprint density at radius 3 is 2.43 bits per heavy atom. The second-order valence-corrected chi connectivity index (χ2v) is 7.64. The van der Waals surface area contributed by atoms with Crippen molar-refractivity contribution in [2.45, 2.75) is 31.8 Å². The minimum atomic E-state index is -3.09. The van der Waals surface area contributed by atoms with Crippen LogP contribution in [0.4, 0.5) is 8.78 Å². The second kappa shape index (κ2) is 6.70. The van der Waals surface area contributed by atoms with Gasteiger partial charge < -0.3 is 10.1 Å². The summed E-state index contributed by atoms with van der Waals surface area (Å²) in [5.41, 5.74) is 0.528. The summed E-state index contributed by atoms with van der Waals surface area (Å²) >= 11 is 0. The van der Waals surface area contributed by atoms with E-state index >= 15 is 0 Å². The SMILES string of the molecule is CS(=O)(=O)CCCOc1c(F)cc(CNC2CC2)cc1F. The summed E-state index contributed by atoms with van der Waals surface area (Å²) in [6.45, 7) is 0.382. The molecule has 0 aliphatic heterocycles. The van der Waals surface area contributed by atoms with Gasteiger partial charge in [0.25, 0.3) is 0 Å². The Morgan fingerprint density at radius 2 is 1.90 bits per heavy atom. The maximum Gasteiger partial charge on any atom is 0.190 e. The molecular formula is C14H19F2NO3S. The van der Waals surface area contributed by atoms with Gasteiger partial charge in [-0.15, -0.1) is 0 Å². The monoisotopic (exact) mass is 319 g/mol. The summed E-state index contributed by atoms with van der Waals surface area (Å²) in [6.07, 6.45) is 3.51. The fraction of sp³-hybridized carbons (Fsp3) is 0.571. The Hall–Kier alpha value is -1.21. The van der Waals surface area contributed by atoms with Crippen LogP contribution in [-0.2, 0) is 16.4 Å². The third-order valence-electron chi connectivity index (χ3n) is 3.14. The zero-order valence-corrected chi connectivity index (χ0v) is 12.7. The van der Waals surface area contributed by atoms with Crippen molar-refractivity contribution in [2.75, 3.05) is 18.6 Å². The van der Waals surface area contributed by atoms with Gasteiger partial charge in [0.1, 0.15) is 9.84 Å². The van der Waals surface area contributed by atoms with Gasteiger partial charge in [-0.05, 0) is 37.0 Å². The maximum atomic E-state index is 13.8. The molecule has 1 N–H and O–H groups in total. The minimum Gasteiger partial charge on any atom is -0.488 e. The average molecular weight is 319 g/mol. The molecule has 0 heterocycles. The molecule has 1 aliphatic rings. The number of nitrogens with one attached hydrogen (secondary N) is 1. The van der Waals surface area contributed by atoms with Gasteiger partial charge in [0.05, 0.1) is 12.4 Å². The third kappa shape index (κ3) is 5.59. The van der Waals surface area contributed by atoms with Crippen LogP contribution in [0.2, 0.25) is 0 Å². The largest absolute Gasteiger partial charge is 0.488 e. The van der Waals surface area contributed by atoms with Gasteiger partial charge in [-0.2, -0.15) is 0 Å². The van der Waals surface area contributed by atoms with E-state index < -0.39 is 27.2 Å². The molecule has 0 radical (unpaired) electrons. The second-order valence-electron chi connectivity index (χ2n) is 5.38. The van der Waals surface area contributed by atoms with Crippen molar-refractivity contribution in [2.24, 2.45) is 0 Å². The number of halogens is 2. The van der Waals surface area contributed by atoms with Crippen LogP contribution in [0.5, 0.6) is 5.75 Å². The van der Waals surface area contributed by atoms with E-state index in [4.69, 9.17) is 4.74 Å². The molecule has 0 atom stereocenters. The van der Waals surface area contributed by atoms with E-state index in [-0.39, 0.29) is 18.8 Å². The molecule has 0 bridgehead atoms. The Kier molecular flexibility index (Phi) is 5.16. The number of rotatable bonds is 8.